The largest absolute Gasteiger partial charge is 0.481 e. The molecule has 0 aliphatic heterocycles. The van der Waals surface area contributed by atoms with Crippen LogP contribution in [0.4, 0.5) is 13.6 Å². The van der Waals surface area contributed by atoms with Gasteiger partial charge in [0.1, 0.15) is 37.7 Å². The molecule has 29 nitrogen and oxygen atoms in total. The number of nitrogens with one attached hydrogen (secondary N) is 2. The van der Waals surface area contributed by atoms with Gasteiger partial charge in [0.15, 0.2) is 0 Å². The molecule has 0 heterocycles. The maximum Gasteiger partial charge on any atom is 0.332 e. The van der Waals surface area contributed by atoms with Crippen molar-refractivity contribution >= 4 is 147 Å². The van der Waals surface area contributed by atoms with Crippen LogP contribution in [0.5, 0.6) is 0 Å². The standard InChI is InChI=1S/C10H12O2.C9H18O2S2.2C9H10O2.C7H14O2S.C5H10O2.C5H10O.C5H12S.C4H9N3O.C4H8N2O.C4H8O2.C4H8O.C3H5F2NO.C3H6O.CH4O3S.3CH3.3Y/c1-8-3-5-10(6-4-8)7-12-9(2)11;1-5-6-12-13-9(3,4)7(2)8(10)11;2*1-8-2-4-9(5-3-8)6-11-7-10;1-5(6(8)9)7(2,3)10-4;1-3-4-7-5(2)6;1-3-4-5(2)6;1-5(2,3)6-4;1-2-3-6-7-4(5)8;1-2-3-5-6-4-7;1-2-3-6-4-5;1-2-3-4-5;1-3(4,5)2(6)7;1-3(2)4;1-5(2,3)4;;;;;;/h3-6H,7H2,1-2H3;7H,5-6H2,1-4H3,(H,10,11);2*2-5,7H,6H2,1H3;5H,1-4H3,(H,8,9);3-4H2,1-2H3;3-4H2,1-2H3;1-4H3;3H,2H2,1H3,(H3,5,7,8);3-4H,2H2,1H3,(H,6,7);4H,2-3H2,1H3;4H,2-3H2,1H3;1H3,(H2,6,7);1-2H3;1H3,(H,2,3,4);3*1H3;;;/q;;;;;;;;;;;;;;;3*-1;;;/b;;;;;;;;6-3+;5-3+;;;;;;;;;;;. The second-order valence-electron chi connectivity index (χ2n) is 26.1. The normalized spacial score (nSPS) is 9.80. The Morgan fingerprint density at radius 2 is 0.855 bits per heavy atom. The Labute approximate surface area is 836 Å². The molecule has 2 atom stereocenters. The van der Waals surface area contributed by atoms with Crippen LogP contribution < -0.4 is 22.3 Å². The molecule has 4 amide bonds. The Morgan fingerprint density at radius 3 is 1.04 bits per heavy atom. The summed E-state index contributed by atoms with van der Waals surface area (Å²) in [7, 11) is -0.232. The van der Waals surface area contributed by atoms with E-state index >= 15 is 0 Å². The van der Waals surface area contributed by atoms with E-state index in [1.807, 2.05) is 181 Å². The second-order valence-corrected chi connectivity index (χ2v) is 33.7. The number of nitrogens with two attached hydrogens (primary N) is 2. The summed E-state index contributed by atoms with van der Waals surface area (Å²) in [5.74, 6) is -5.87. The number of benzene rings is 3. The van der Waals surface area contributed by atoms with Crippen molar-refractivity contribution < 1.29 is 216 Å². The number of amides is 4. The van der Waals surface area contributed by atoms with Crippen molar-refractivity contribution in [3.05, 3.63) is 128 Å². The van der Waals surface area contributed by atoms with Crippen LogP contribution in [0, 0.1) is 54.9 Å². The molecule has 0 aliphatic rings. The van der Waals surface area contributed by atoms with E-state index in [0.717, 1.165) is 80.1 Å². The number of carbonyl (C=O) groups excluding carboxylic acids is 11. The third-order valence-electron chi connectivity index (χ3n) is 12.2. The molecule has 124 heavy (non-hydrogen) atoms. The first-order valence-corrected chi connectivity index (χ1v) is 43.8. The SMILES string of the molecule is CC(=O)OCc1ccc(C)cc1.CC(C)=O.CC(F)(F)C(N)=O.CC/C=N/NC(N)=O.CC/C=N/NC=O.CCCC(C)=O.CCCC=O.CCCOC(C)=O.CCCOC=O.CCCSSC(C)(C)C(C)C(=O)O.CS(=O)(=O)O.CSC(C)(C)C.CSC(C)(C)C(C)C(=O)O.Cc1ccc(COC=O)cc1.Cc1ccc(COC=O)cc1.[CH3-].[CH3-].[CH3-].[Y].[Y].[Y]. The first kappa shape index (κ1) is 162. The molecule has 0 spiro atoms. The van der Waals surface area contributed by atoms with Gasteiger partial charge in [-0.15, -0.1) is 0 Å². The number of nitrogens with zero attached hydrogens (tertiary/aromatic N) is 2. The van der Waals surface area contributed by atoms with E-state index in [4.69, 9.17) is 19.5 Å². The summed E-state index contributed by atoms with van der Waals surface area (Å²) in [5.41, 5.74) is 19.7. The zero-order valence-corrected chi connectivity index (χ0v) is 92.4. The van der Waals surface area contributed by atoms with E-state index in [1.165, 1.54) is 44.4 Å². The van der Waals surface area contributed by atoms with Crippen molar-refractivity contribution in [2.24, 2.45) is 33.5 Å². The molecule has 3 rings (SSSR count). The summed E-state index contributed by atoms with van der Waals surface area (Å²) >= 11 is 3.46. The first-order valence-electron chi connectivity index (χ1n) is 37.2. The van der Waals surface area contributed by atoms with Crippen LogP contribution >= 0.6 is 45.1 Å². The van der Waals surface area contributed by atoms with Crippen molar-refractivity contribution in [3.63, 3.8) is 0 Å². The van der Waals surface area contributed by atoms with Gasteiger partial charge in [0.25, 0.3) is 35.4 Å². The van der Waals surface area contributed by atoms with Gasteiger partial charge in [0.2, 0.25) is 6.41 Å². The molecule has 0 aromatic heterocycles. The van der Waals surface area contributed by atoms with Gasteiger partial charge >= 0.3 is 35.8 Å². The minimum absolute atomic E-state index is 0. The predicted molar refractivity (Wildman–Crippen MR) is 498 cm³/mol. The van der Waals surface area contributed by atoms with Crippen LogP contribution in [-0.2, 0) is 209 Å². The fourth-order valence-electron chi connectivity index (χ4n) is 4.88. The topological polar surface area (TPSA) is 464 Å². The van der Waals surface area contributed by atoms with Gasteiger partial charge in [0, 0.05) is 164 Å². The summed E-state index contributed by atoms with van der Waals surface area (Å²) in [4.78, 5) is 128. The smallest absolute Gasteiger partial charge is 0.332 e. The Kier molecular flexibility index (Phi) is 147. The van der Waals surface area contributed by atoms with Crippen LogP contribution in [-0.4, -0.2) is 173 Å². The van der Waals surface area contributed by atoms with Gasteiger partial charge in [-0.1, -0.05) is 194 Å². The van der Waals surface area contributed by atoms with Crippen LogP contribution in [0.25, 0.3) is 0 Å². The van der Waals surface area contributed by atoms with Crippen molar-refractivity contribution in [1.82, 2.24) is 10.9 Å². The summed E-state index contributed by atoms with van der Waals surface area (Å²) in [6.07, 6.45) is 17.4. The van der Waals surface area contributed by atoms with Crippen LogP contribution in [0.2, 0.25) is 0 Å². The number of hydrogen-bond donors (Lipinski definition) is 7. The third-order valence-corrected chi connectivity index (χ3v) is 18.4. The molecule has 0 fully saturated rings. The predicted octanol–water partition coefficient (Wildman–Crippen LogP) is 18.3. The number of hydrazone groups is 2. The van der Waals surface area contributed by atoms with Crippen molar-refractivity contribution in [1.29, 1.82) is 0 Å². The third kappa shape index (κ3) is 167. The molecule has 39 heteroatoms. The fraction of sp³-hybridized carbons (Fsp3) is 0.576. The number of carbonyl (C=O) groups is 13. The number of primary amides is 2. The maximum absolute atomic E-state index is 11.4. The number of thioether (sulfide) groups is 2. The average Bonchev–Trinajstić information content (AvgIpc) is 0.867. The molecule has 717 valence electrons. The van der Waals surface area contributed by atoms with Gasteiger partial charge < -0.3 is 82.0 Å². The number of aryl methyl sites for hydroxylation is 3. The van der Waals surface area contributed by atoms with Gasteiger partial charge in [-0.05, 0) is 143 Å². The van der Waals surface area contributed by atoms with E-state index in [2.05, 4.69) is 85.4 Å². The second kappa shape index (κ2) is 112. The number of aldehydes is 1. The molecule has 3 aromatic carbocycles. The number of aliphatic carboxylic acids is 2. The number of ether oxygens (including phenoxy) is 5. The monoisotopic (exact) mass is 2090 g/mol. The van der Waals surface area contributed by atoms with Crippen LogP contribution in [0.3, 0.4) is 0 Å². The maximum atomic E-state index is 11.4. The molecule has 0 aliphatic carbocycles. The average molecular weight is 2090 g/mol. The number of hydrogen-bond acceptors (Lipinski definition) is 26. The summed E-state index contributed by atoms with van der Waals surface area (Å²) in [5, 5.41) is 24.4. The Balaban J connectivity index is -0.0000000611. The van der Waals surface area contributed by atoms with Crippen LogP contribution in [0.15, 0.2) is 83.0 Å². The van der Waals surface area contributed by atoms with Crippen LogP contribution in [0.1, 0.15) is 243 Å². The number of rotatable bonds is 32. The number of urea groups is 1. The molecule has 3 radical (unpaired) electrons. The van der Waals surface area contributed by atoms with Crippen molar-refractivity contribution in [2.45, 2.75) is 271 Å². The van der Waals surface area contributed by atoms with Gasteiger partial charge in [-0.25, -0.2) is 10.2 Å². The summed E-state index contributed by atoms with van der Waals surface area (Å²) < 4.78 is 71.6. The fourth-order valence-corrected chi connectivity index (χ4v) is 8.22. The summed E-state index contributed by atoms with van der Waals surface area (Å²) in [6, 6.07) is 23.0. The number of alkyl halides is 2. The molecular formula is C85H153F2N6O23S5Y3-3. The number of halogens is 2. The zero-order valence-electron chi connectivity index (χ0n) is 79.8. The number of unbranched alkanes of at least 4 members (excludes halogenated alkanes) is 1. The van der Waals surface area contributed by atoms with Gasteiger partial charge in [0.05, 0.1) is 31.3 Å². The Morgan fingerprint density at radius 1 is 0.532 bits per heavy atom. The first-order chi connectivity index (χ1) is 54.5. The van der Waals surface area contributed by atoms with Crippen molar-refractivity contribution in [2.75, 3.05) is 37.7 Å². The van der Waals surface area contributed by atoms with E-state index in [1.54, 1.807) is 66.6 Å². The van der Waals surface area contributed by atoms with Gasteiger partial charge in [-0.2, -0.15) is 50.9 Å². The quantitative estimate of drug-likeness (QED) is 0.00351. The zero-order chi connectivity index (χ0) is 95.0. The van der Waals surface area contributed by atoms with E-state index in [-0.39, 0.29) is 165 Å². The van der Waals surface area contributed by atoms with E-state index in [9.17, 15) is 79.5 Å². The Bertz CT molecular complexity index is 3140. The number of ketones is 2. The van der Waals surface area contributed by atoms with Crippen molar-refractivity contribution in [3.8, 4) is 0 Å². The minimum Gasteiger partial charge on any atom is -0.481 e. The molecule has 3 aromatic rings. The van der Waals surface area contributed by atoms with E-state index in [0.29, 0.717) is 83.2 Å². The number of esters is 2. The molecular weight excluding hydrogens is 1940 g/mol. The Hall–Kier alpha value is -5.01. The number of carboxylic acids is 2. The van der Waals surface area contributed by atoms with E-state index < -0.39 is 39.9 Å². The molecule has 0 bridgehead atoms. The minimum atomic E-state index is -3.67. The van der Waals surface area contributed by atoms with Gasteiger partial charge in [-0.3, -0.25) is 53.1 Å². The number of Topliss-reactive ketones (excluding diaryl/α,β-unsaturated/α-hetero) is 2. The molecule has 9 N–H and O–H groups in total. The molecule has 2 unspecified atom stereocenters. The molecule has 0 saturated carbocycles. The molecule has 0 saturated heterocycles. The number of carboxylic acid groups (broad SMARTS) is 2. The summed E-state index contributed by atoms with van der Waals surface area (Å²) in [6.45, 7) is 49.4.